The Bertz CT molecular complexity index is 487. The molecule has 1 aliphatic heterocycles. The number of nitrogens with zero attached hydrogens (tertiary/aromatic N) is 1. The van der Waals surface area contributed by atoms with Crippen molar-refractivity contribution < 1.29 is 8.42 Å². The number of sulfonamides is 1. The first kappa shape index (κ1) is 15.9. The van der Waals surface area contributed by atoms with Crippen LogP contribution in [0.25, 0.3) is 0 Å². The van der Waals surface area contributed by atoms with Crippen LogP contribution in [0, 0.1) is 12.8 Å². The van der Waals surface area contributed by atoms with Gasteiger partial charge in [0.2, 0.25) is 0 Å². The molecule has 18 heavy (non-hydrogen) atoms. The summed E-state index contributed by atoms with van der Waals surface area (Å²) in [5.41, 5.74) is 5.63. The van der Waals surface area contributed by atoms with E-state index >= 15 is 0 Å². The van der Waals surface area contributed by atoms with E-state index in [-0.39, 0.29) is 12.4 Å². The molecule has 0 aromatic carbocycles. The van der Waals surface area contributed by atoms with E-state index in [1.165, 1.54) is 11.3 Å². The topological polar surface area (TPSA) is 63.4 Å². The maximum Gasteiger partial charge on any atom is 0.252 e. The van der Waals surface area contributed by atoms with E-state index in [2.05, 4.69) is 0 Å². The molecule has 1 atom stereocenters. The molecule has 0 radical (unpaired) electrons. The Morgan fingerprint density at radius 1 is 1.50 bits per heavy atom. The Morgan fingerprint density at radius 2 is 2.22 bits per heavy atom. The van der Waals surface area contributed by atoms with Crippen molar-refractivity contribution in [2.45, 2.75) is 24.0 Å². The fraction of sp³-hybridized carbons (Fsp3) is 0.636. The third-order valence-electron chi connectivity index (χ3n) is 3.12. The van der Waals surface area contributed by atoms with Gasteiger partial charge in [0, 0.05) is 18.0 Å². The minimum Gasteiger partial charge on any atom is -0.330 e. The van der Waals surface area contributed by atoms with E-state index in [9.17, 15) is 8.42 Å². The van der Waals surface area contributed by atoms with Crippen LogP contribution >= 0.6 is 23.7 Å². The van der Waals surface area contributed by atoms with Gasteiger partial charge in [-0.2, -0.15) is 4.31 Å². The number of thiophene rings is 1. The minimum atomic E-state index is -3.29. The van der Waals surface area contributed by atoms with Crippen molar-refractivity contribution in [2.75, 3.05) is 19.6 Å². The molecule has 2 heterocycles. The van der Waals surface area contributed by atoms with Gasteiger partial charge in [-0.25, -0.2) is 8.42 Å². The van der Waals surface area contributed by atoms with Crippen molar-refractivity contribution in [3.05, 3.63) is 17.0 Å². The van der Waals surface area contributed by atoms with Crippen molar-refractivity contribution in [3.8, 4) is 0 Å². The monoisotopic (exact) mass is 310 g/mol. The van der Waals surface area contributed by atoms with Gasteiger partial charge in [-0.1, -0.05) is 0 Å². The molecule has 0 spiro atoms. The standard InChI is InChI=1S/C11H18N2O2S2.ClH/c1-9-4-5-11(16-9)17(14,15)13-6-2-3-10(7-12)8-13;/h4-5,10H,2-3,6-8,12H2,1H3;1H. The Labute approximate surface area is 119 Å². The smallest absolute Gasteiger partial charge is 0.252 e. The van der Waals surface area contributed by atoms with E-state index in [4.69, 9.17) is 5.73 Å². The van der Waals surface area contributed by atoms with Gasteiger partial charge in [0.15, 0.2) is 0 Å². The van der Waals surface area contributed by atoms with Gasteiger partial charge in [-0.05, 0) is 44.4 Å². The lowest BCUT2D eigenvalue weighted by Crippen LogP contribution is -2.41. The van der Waals surface area contributed by atoms with Crippen LogP contribution in [-0.2, 0) is 10.0 Å². The summed E-state index contributed by atoms with van der Waals surface area (Å²) in [5, 5.41) is 0. The normalized spacial score (nSPS) is 21.6. The van der Waals surface area contributed by atoms with E-state index in [0.29, 0.717) is 29.8 Å². The largest absolute Gasteiger partial charge is 0.330 e. The molecular weight excluding hydrogens is 292 g/mol. The number of halogens is 1. The summed E-state index contributed by atoms with van der Waals surface area (Å²) in [4.78, 5) is 1.02. The van der Waals surface area contributed by atoms with Crippen molar-refractivity contribution in [1.29, 1.82) is 0 Å². The van der Waals surface area contributed by atoms with Crippen molar-refractivity contribution >= 4 is 33.8 Å². The zero-order valence-electron chi connectivity index (χ0n) is 10.3. The first-order valence-corrected chi connectivity index (χ1v) is 8.06. The Kier molecular flexibility index (Phi) is 5.61. The van der Waals surface area contributed by atoms with Crippen LogP contribution in [0.1, 0.15) is 17.7 Å². The van der Waals surface area contributed by atoms with Gasteiger partial charge in [-0.15, -0.1) is 23.7 Å². The molecular formula is C11H19ClN2O2S2. The first-order valence-electron chi connectivity index (χ1n) is 5.80. The highest BCUT2D eigenvalue weighted by molar-refractivity contribution is 7.91. The highest BCUT2D eigenvalue weighted by Gasteiger charge is 2.30. The Hall–Kier alpha value is -0.140. The minimum absolute atomic E-state index is 0. The summed E-state index contributed by atoms with van der Waals surface area (Å²) in [6.45, 7) is 3.67. The van der Waals surface area contributed by atoms with Crippen LogP contribution in [0.3, 0.4) is 0 Å². The molecule has 7 heteroatoms. The highest BCUT2D eigenvalue weighted by Crippen LogP contribution is 2.27. The van der Waals surface area contributed by atoms with E-state index < -0.39 is 10.0 Å². The lowest BCUT2D eigenvalue weighted by molar-refractivity contribution is 0.272. The van der Waals surface area contributed by atoms with Gasteiger partial charge in [0.1, 0.15) is 4.21 Å². The molecule has 1 saturated heterocycles. The lowest BCUT2D eigenvalue weighted by atomic mass is 10.0. The van der Waals surface area contributed by atoms with E-state index in [1.807, 2.05) is 13.0 Å². The number of nitrogens with two attached hydrogens (primary N) is 1. The number of aryl methyl sites for hydroxylation is 1. The number of piperidine rings is 1. The van der Waals surface area contributed by atoms with E-state index in [0.717, 1.165) is 17.7 Å². The summed E-state index contributed by atoms with van der Waals surface area (Å²) in [7, 11) is -3.29. The van der Waals surface area contributed by atoms with Crippen molar-refractivity contribution in [2.24, 2.45) is 11.7 Å². The highest BCUT2D eigenvalue weighted by atomic mass is 35.5. The maximum absolute atomic E-state index is 12.4. The van der Waals surface area contributed by atoms with Crippen molar-refractivity contribution in [1.82, 2.24) is 4.31 Å². The number of hydrogen-bond donors (Lipinski definition) is 1. The summed E-state index contributed by atoms with van der Waals surface area (Å²) in [6, 6.07) is 3.54. The van der Waals surface area contributed by atoms with Gasteiger partial charge < -0.3 is 5.73 Å². The quantitative estimate of drug-likeness (QED) is 0.926. The molecule has 0 amide bonds. The van der Waals surface area contributed by atoms with Crippen molar-refractivity contribution in [3.63, 3.8) is 0 Å². The third-order valence-corrected chi connectivity index (χ3v) is 6.46. The summed E-state index contributed by atoms with van der Waals surface area (Å²) < 4.78 is 26.7. The molecule has 104 valence electrons. The second-order valence-corrected chi connectivity index (χ2v) is 7.92. The fourth-order valence-corrected chi connectivity index (χ4v) is 5.11. The molecule has 1 unspecified atom stereocenters. The van der Waals surface area contributed by atoms with Gasteiger partial charge in [0.05, 0.1) is 0 Å². The average Bonchev–Trinajstić information content (AvgIpc) is 2.76. The summed E-state index contributed by atoms with van der Waals surface area (Å²) in [5.74, 6) is 0.305. The summed E-state index contributed by atoms with van der Waals surface area (Å²) in [6.07, 6.45) is 1.94. The lowest BCUT2D eigenvalue weighted by Gasteiger charge is -2.30. The molecule has 2 N–H and O–H groups in total. The van der Waals surface area contributed by atoms with Gasteiger partial charge >= 0.3 is 0 Å². The van der Waals surface area contributed by atoms with Crippen LogP contribution in [0.15, 0.2) is 16.3 Å². The molecule has 2 rings (SSSR count). The second kappa shape index (κ2) is 6.34. The second-order valence-electron chi connectivity index (χ2n) is 4.47. The van der Waals surface area contributed by atoms with Crippen LogP contribution in [-0.4, -0.2) is 32.4 Å². The van der Waals surface area contributed by atoms with Crippen LogP contribution in [0.2, 0.25) is 0 Å². The first-order chi connectivity index (χ1) is 8.04. The molecule has 0 saturated carbocycles. The molecule has 0 aliphatic carbocycles. The Morgan fingerprint density at radius 3 is 2.78 bits per heavy atom. The molecule has 0 bridgehead atoms. The molecule has 4 nitrogen and oxygen atoms in total. The predicted octanol–water partition coefficient (Wildman–Crippen LogP) is 1.84. The SMILES string of the molecule is Cc1ccc(S(=O)(=O)N2CCCC(CN)C2)s1.Cl. The zero-order chi connectivity index (χ0) is 12.5. The maximum atomic E-state index is 12.4. The predicted molar refractivity (Wildman–Crippen MR) is 76.8 cm³/mol. The number of rotatable bonds is 3. The average molecular weight is 311 g/mol. The Balaban J connectivity index is 0.00000162. The van der Waals surface area contributed by atoms with Crippen LogP contribution in [0.4, 0.5) is 0 Å². The molecule has 1 aliphatic rings. The van der Waals surface area contributed by atoms with Crippen LogP contribution in [0.5, 0.6) is 0 Å². The summed E-state index contributed by atoms with van der Waals surface area (Å²) >= 11 is 1.34. The third kappa shape index (κ3) is 3.24. The zero-order valence-corrected chi connectivity index (χ0v) is 12.8. The molecule has 1 fully saturated rings. The molecule has 1 aromatic heterocycles. The van der Waals surface area contributed by atoms with Gasteiger partial charge in [-0.3, -0.25) is 0 Å². The molecule has 1 aromatic rings. The number of hydrogen-bond acceptors (Lipinski definition) is 4. The van der Waals surface area contributed by atoms with Gasteiger partial charge in [0.25, 0.3) is 10.0 Å². The van der Waals surface area contributed by atoms with E-state index in [1.54, 1.807) is 10.4 Å². The fourth-order valence-electron chi connectivity index (χ4n) is 2.12. The van der Waals surface area contributed by atoms with Crippen LogP contribution < -0.4 is 5.73 Å².